The van der Waals surface area contributed by atoms with Gasteiger partial charge in [-0.15, -0.1) is 0 Å². The highest BCUT2D eigenvalue weighted by Gasteiger charge is 1.99. The molecule has 0 unspecified atom stereocenters. The molecule has 0 amide bonds. The van der Waals surface area contributed by atoms with Crippen LogP contribution < -0.4 is 0 Å². The summed E-state index contributed by atoms with van der Waals surface area (Å²) in [5.74, 6) is 2.20. The quantitative estimate of drug-likeness (QED) is 0.321. The van der Waals surface area contributed by atoms with Gasteiger partial charge in [0.05, 0.1) is 0 Å². The highest BCUT2D eigenvalue weighted by atomic mass is 127. The average Bonchev–Trinajstić information content (AvgIpc) is 1.88. The number of ether oxygens (including phenoxy) is 1. The van der Waals surface area contributed by atoms with E-state index in [0.717, 1.165) is 0 Å². The highest BCUT2D eigenvalue weighted by Crippen LogP contribution is 1.90. The average molecular weight is 250 g/mol. The summed E-state index contributed by atoms with van der Waals surface area (Å²) in [6, 6.07) is 0. The monoisotopic (exact) mass is 250 g/mol. The Balaban J connectivity index is 3.57. The number of carbonyl (C=O) groups excluding carboxylic acids is 1. The zero-order valence-electron chi connectivity index (χ0n) is 5.61. The second-order valence-electron chi connectivity index (χ2n) is 1.63. The van der Waals surface area contributed by atoms with Crippen LogP contribution in [0.25, 0.3) is 0 Å². The van der Waals surface area contributed by atoms with Gasteiger partial charge in [0.1, 0.15) is 0 Å². The van der Waals surface area contributed by atoms with Crippen LogP contribution in [0.1, 0.15) is 6.92 Å². The Morgan fingerprint density at radius 2 is 2.40 bits per heavy atom. The van der Waals surface area contributed by atoms with E-state index in [2.05, 4.69) is 21.2 Å². The molecular weight excluding hydrogens is 243 g/mol. The molecular formula is C7H7IO2. The van der Waals surface area contributed by atoms with E-state index < -0.39 is 0 Å². The molecule has 10 heavy (non-hydrogen) atoms. The molecule has 0 bridgehead atoms. The lowest BCUT2D eigenvalue weighted by Crippen LogP contribution is -2.04. The van der Waals surface area contributed by atoms with Crippen LogP contribution in [0.3, 0.4) is 0 Å². The first-order valence-corrected chi connectivity index (χ1v) is 3.67. The molecule has 0 N–H and O–H groups in total. The van der Waals surface area contributed by atoms with Crippen molar-refractivity contribution in [3.63, 3.8) is 0 Å². The van der Waals surface area contributed by atoms with Crippen LogP contribution in [-0.4, -0.2) is 12.6 Å². The third-order valence-corrected chi connectivity index (χ3v) is 1.07. The maximum absolute atomic E-state index is 10.6. The molecule has 0 spiro atoms. The Kier molecular flexibility index (Phi) is 5.03. The van der Waals surface area contributed by atoms with E-state index >= 15 is 0 Å². The highest BCUT2D eigenvalue weighted by molar-refractivity contribution is 14.1. The van der Waals surface area contributed by atoms with E-state index in [1.165, 1.54) is 0 Å². The van der Waals surface area contributed by atoms with Gasteiger partial charge in [-0.1, -0.05) is 12.5 Å². The molecule has 0 aromatic heterocycles. The van der Waals surface area contributed by atoms with Crippen LogP contribution in [0, 0.1) is 9.85 Å². The molecule has 0 fully saturated rings. The minimum Gasteiger partial charge on any atom is -0.449 e. The summed E-state index contributed by atoms with van der Waals surface area (Å²) < 4.78 is 7.20. The summed E-state index contributed by atoms with van der Waals surface area (Å²) in [5, 5.41) is 0. The fourth-order valence-corrected chi connectivity index (χ4v) is 0.408. The normalized spacial score (nSPS) is 7.40. The first-order chi connectivity index (χ1) is 4.68. The van der Waals surface area contributed by atoms with E-state index in [4.69, 9.17) is 0 Å². The number of carbonyl (C=O) groups is 1. The summed E-state index contributed by atoms with van der Waals surface area (Å²) in [6.07, 6.45) is 0. The van der Waals surface area contributed by atoms with Crippen LogP contribution in [0.5, 0.6) is 0 Å². The summed E-state index contributed by atoms with van der Waals surface area (Å²) >= 11 is 1.88. The van der Waals surface area contributed by atoms with Crippen molar-refractivity contribution in [2.45, 2.75) is 6.92 Å². The molecule has 0 aliphatic heterocycles. The lowest BCUT2D eigenvalue weighted by Gasteiger charge is -1.96. The molecule has 0 aromatic carbocycles. The Hall–Kier alpha value is -0.500. The van der Waals surface area contributed by atoms with Gasteiger partial charge >= 0.3 is 5.97 Å². The second-order valence-corrected chi connectivity index (χ2v) is 2.17. The molecule has 0 aromatic rings. The molecule has 2 nitrogen and oxygen atoms in total. The first kappa shape index (κ1) is 9.50. The van der Waals surface area contributed by atoms with Gasteiger partial charge in [0.25, 0.3) is 0 Å². The molecule has 0 radical (unpaired) electrons. The lowest BCUT2D eigenvalue weighted by atomic mass is 10.4. The zero-order valence-corrected chi connectivity index (χ0v) is 7.77. The fourth-order valence-electron chi connectivity index (χ4n) is 0.252. The van der Waals surface area contributed by atoms with Crippen molar-refractivity contribution < 1.29 is 9.53 Å². The lowest BCUT2D eigenvalue weighted by molar-refractivity contribution is -0.137. The van der Waals surface area contributed by atoms with E-state index in [0.29, 0.717) is 5.57 Å². The van der Waals surface area contributed by atoms with Gasteiger partial charge in [-0.25, -0.2) is 4.79 Å². The molecule has 0 rings (SSSR count). The van der Waals surface area contributed by atoms with Crippen molar-refractivity contribution in [3.05, 3.63) is 12.2 Å². The van der Waals surface area contributed by atoms with Gasteiger partial charge in [0, 0.05) is 28.2 Å². The third-order valence-electron chi connectivity index (χ3n) is 0.691. The predicted octanol–water partition coefficient (Wildman–Crippen LogP) is 1.50. The molecule has 0 saturated heterocycles. The number of hydrogen-bond donors (Lipinski definition) is 0. The minimum atomic E-state index is -0.390. The van der Waals surface area contributed by atoms with Crippen molar-refractivity contribution in [1.29, 1.82) is 0 Å². The van der Waals surface area contributed by atoms with Gasteiger partial charge in [-0.2, -0.15) is 0 Å². The standard InChI is InChI=1S/C7H7IO2/c1-6(2)7(9)10-5-3-4-8/h1,5H2,2H3. The van der Waals surface area contributed by atoms with Crippen molar-refractivity contribution >= 4 is 28.6 Å². The summed E-state index contributed by atoms with van der Waals surface area (Å²) in [7, 11) is 0. The Bertz CT molecular complexity index is 197. The number of esters is 1. The molecule has 0 saturated carbocycles. The largest absolute Gasteiger partial charge is 0.449 e. The van der Waals surface area contributed by atoms with Gasteiger partial charge in [0.15, 0.2) is 6.61 Å². The van der Waals surface area contributed by atoms with Crippen LogP contribution in [-0.2, 0) is 9.53 Å². The van der Waals surface area contributed by atoms with Gasteiger partial charge < -0.3 is 4.74 Å². The van der Waals surface area contributed by atoms with Gasteiger partial charge in [0.2, 0.25) is 0 Å². The zero-order chi connectivity index (χ0) is 7.98. The molecule has 0 atom stereocenters. The number of rotatable bonds is 2. The number of hydrogen-bond acceptors (Lipinski definition) is 2. The maximum atomic E-state index is 10.6. The molecule has 3 heteroatoms. The van der Waals surface area contributed by atoms with E-state index in [1.54, 1.807) is 6.92 Å². The third kappa shape index (κ3) is 4.39. The summed E-state index contributed by atoms with van der Waals surface area (Å²) in [6.45, 7) is 5.15. The van der Waals surface area contributed by atoms with Crippen molar-refractivity contribution in [2.75, 3.05) is 6.61 Å². The van der Waals surface area contributed by atoms with Crippen LogP contribution in [0.2, 0.25) is 0 Å². The van der Waals surface area contributed by atoms with Crippen molar-refractivity contribution in [1.82, 2.24) is 0 Å². The Morgan fingerprint density at radius 1 is 1.80 bits per heavy atom. The predicted molar refractivity (Wildman–Crippen MR) is 47.6 cm³/mol. The SMILES string of the molecule is C=C(C)C(=O)OCC#CI. The van der Waals surface area contributed by atoms with Crippen LogP contribution >= 0.6 is 22.6 Å². The Morgan fingerprint density at radius 3 is 2.80 bits per heavy atom. The van der Waals surface area contributed by atoms with E-state index in [-0.39, 0.29) is 12.6 Å². The van der Waals surface area contributed by atoms with Crippen molar-refractivity contribution in [3.8, 4) is 9.85 Å². The van der Waals surface area contributed by atoms with E-state index in [1.807, 2.05) is 22.6 Å². The van der Waals surface area contributed by atoms with E-state index in [9.17, 15) is 4.79 Å². The minimum absolute atomic E-state index is 0.147. The maximum Gasteiger partial charge on any atom is 0.334 e. The van der Waals surface area contributed by atoms with Gasteiger partial charge in [-0.3, -0.25) is 0 Å². The Labute approximate surface area is 73.8 Å². The van der Waals surface area contributed by atoms with Crippen LogP contribution in [0.15, 0.2) is 12.2 Å². The molecule has 0 aliphatic carbocycles. The fraction of sp³-hybridized carbons (Fsp3) is 0.286. The smallest absolute Gasteiger partial charge is 0.334 e. The summed E-state index contributed by atoms with van der Waals surface area (Å²) in [5.41, 5.74) is 0.398. The topological polar surface area (TPSA) is 26.3 Å². The molecule has 54 valence electrons. The molecule has 0 heterocycles. The first-order valence-electron chi connectivity index (χ1n) is 2.59. The molecule has 0 aliphatic rings. The van der Waals surface area contributed by atoms with Crippen LogP contribution in [0.4, 0.5) is 0 Å². The van der Waals surface area contributed by atoms with Crippen molar-refractivity contribution in [2.24, 2.45) is 0 Å². The van der Waals surface area contributed by atoms with Gasteiger partial charge in [-0.05, 0) is 10.9 Å². The summed E-state index contributed by atoms with van der Waals surface area (Å²) in [4.78, 5) is 10.6. The second kappa shape index (κ2) is 5.30. The number of halogens is 1.